The molecule has 1 N–H and O–H groups in total. The summed E-state index contributed by atoms with van der Waals surface area (Å²) in [5.74, 6) is 2.60. The predicted molar refractivity (Wildman–Crippen MR) is 87.1 cm³/mol. The molecule has 3 rings (SSSR count). The van der Waals surface area contributed by atoms with E-state index in [2.05, 4.69) is 0 Å². The van der Waals surface area contributed by atoms with Gasteiger partial charge in [0, 0.05) is 11.5 Å². The minimum absolute atomic E-state index is 0.210. The summed E-state index contributed by atoms with van der Waals surface area (Å²) in [5.41, 5.74) is 0.0826. The van der Waals surface area contributed by atoms with Gasteiger partial charge in [0.25, 0.3) is 0 Å². The first-order chi connectivity index (χ1) is 10.7. The SMILES string of the molecule is COc1ccc(C2(C(=O)O)CCCCC2)cc1OC1CSC1. The lowest BCUT2D eigenvalue weighted by Gasteiger charge is -2.34. The maximum absolute atomic E-state index is 12.0. The highest BCUT2D eigenvalue weighted by atomic mass is 32.2. The van der Waals surface area contributed by atoms with Gasteiger partial charge in [0.2, 0.25) is 0 Å². The molecule has 0 unspecified atom stereocenters. The Labute approximate surface area is 135 Å². The van der Waals surface area contributed by atoms with Crippen molar-refractivity contribution in [3.05, 3.63) is 23.8 Å². The Morgan fingerprint density at radius 2 is 1.95 bits per heavy atom. The number of hydrogen-bond donors (Lipinski definition) is 1. The van der Waals surface area contributed by atoms with E-state index in [1.807, 2.05) is 30.0 Å². The van der Waals surface area contributed by atoms with E-state index in [1.165, 1.54) is 0 Å². The van der Waals surface area contributed by atoms with E-state index in [9.17, 15) is 9.90 Å². The lowest BCUT2D eigenvalue weighted by Crippen LogP contribution is -2.38. The summed E-state index contributed by atoms with van der Waals surface area (Å²) in [6, 6.07) is 5.62. The van der Waals surface area contributed by atoms with Gasteiger partial charge in [-0.05, 0) is 30.5 Å². The maximum Gasteiger partial charge on any atom is 0.314 e. The van der Waals surface area contributed by atoms with Crippen molar-refractivity contribution in [3.63, 3.8) is 0 Å². The van der Waals surface area contributed by atoms with Crippen LogP contribution in [0.25, 0.3) is 0 Å². The molecular formula is C17H22O4S. The zero-order chi connectivity index (χ0) is 15.6. The molecule has 22 heavy (non-hydrogen) atoms. The van der Waals surface area contributed by atoms with E-state index in [4.69, 9.17) is 9.47 Å². The smallest absolute Gasteiger partial charge is 0.314 e. The monoisotopic (exact) mass is 322 g/mol. The molecule has 1 aliphatic heterocycles. The van der Waals surface area contributed by atoms with Crippen molar-refractivity contribution in [1.82, 2.24) is 0 Å². The topological polar surface area (TPSA) is 55.8 Å². The molecule has 5 heteroatoms. The predicted octanol–water partition coefficient (Wildman–Crippen LogP) is 3.48. The molecule has 4 nitrogen and oxygen atoms in total. The molecule has 0 bridgehead atoms. The number of rotatable bonds is 5. The Morgan fingerprint density at radius 1 is 1.23 bits per heavy atom. The van der Waals surface area contributed by atoms with Crippen LogP contribution in [-0.2, 0) is 10.2 Å². The largest absolute Gasteiger partial charge is 0.493 e. The first-order valence-corrected chi connectivity index (χ1v) is 8.97. The molecule has 2 aliphatic rings. The van der Waals surface area contributed by atoms with Gasteiger partial charge < -0.3 is 14.6 Å². The van der Waals surface area contributed by atoms with Gasteiger partial charge in [-0.1, -0.05) is 25.3 Å². The van der Waals surface area contributed by atoms with Crippen LogP contribution < -0.4 is 9.47 Å². The van der Waals surface area contributed by atoms with E-state index in [0.717, 1.165) is 36.3 Å². The average Bonchev–Trinajstić information content (AvgIpc) is 2.51. The second-order valence-corrected chi connectivity index (χ2v) is 7.17. The number of methoxy groups -OCH3 is 1. The lowest BCUT2D eigenvalue weighted by molar-refractivity contribution is -0.145. The molecule has 0 amide bonds. The van der Waals surface area contributed by atoms with Gasteiger partial charge in [0.15, 0.2) is 11.5 Å². The Bertz CT molecular complexity index is 548. The molecule has 1 saturated heterocycles. The molecule has 0 aromatic heterocycles. The van der Waals surface area contributed by atoms with Crippen molar-refractivity contribution >= 4 is 17.7 Å². The Morgan fingerprint density at radius 3 is 2.50 bits per heavy atom. The highest BCUT2D eigenvalue weighted by molar-refractivity contribution is 8.00. The minimum Gasteiger partial charge on any atom is -0.493 e. The summed E-state index contributed by atoms with van der Waals surface area (Å²) in [7, 11) is 1.62. The van der Waals surface area contributed by atoms with Crippen LogP contribution in [0.5, 0.6) is 11.5 Å². The van der Waals surface area contributed by atoms with E-state index >= 15 is 0 Å². The van der Waals surface area contributed by atoms with Gasteiger partial charge in [-0.25, -0.2) is 0 Å². The molecular weight excluding hydrogens is 300 g/mol. The third kappa shape index (κ3) is 2.78. The van der Waals surface area contributed by atoms with Crippen molar-refractivity contribution < 1.29 is 19.4 Å². The Balaban J connectivity index is 1.94. The highest BCUT2D eigenvalue weighted by Gasteiger charge is 2.41. The number of carboxylic acids is 1. The van der Waals surface area contributed by atoms with Crippen LogP contribution in [0.4, 0.5) is 0 Å². The summed E-state index contributed by atoms with van der Waals surface area (Å²) in [4.78, 5) is 12.0. The van der Waals surface area contributed by atoms with Crippen molar-refractivity contribution in [2.75, 3.05) is 18.6 Å². The van der Waals surface area contributed by atoms with Gasteiger partial charge in [0.05, 0.1) is 12.5 Å². The molecule has 0 atom stereocenters. The summed E-state index contributed by atoms with van der Waals surface area (Å²) >= 11 is 1.85. The fourth-order valence-electron chi connectivity index (χ4n) is 3.31. The van der Waals surface area contributed by atoms with Gasteiger partial charge in [0.1, 0.15) is 6.10 Å². The summed E-state index contributed by atoms with van der Waals surface area (Å²) in [6.45, 7) is 0. The molecule has 120 valence electrons. The zero-order valence-electron chi connectivity index (χ0n) is 12.8. The lowest BCUT2D eigenvalue weighted by atomic mass is 9.69. The second-order valence-electron chi connectivity index (χ2n) is 6.09. The standard InChI is InChI=1S/C17H22O4S/c1-20-14-6-5-12(9-15(14)21-13-10-22-11-13)17(16(18)19)7-3-2-4-8-17/h5-6,9,13H,2-4,7-8,10-11H2,1H3,(H,18,19). The van der Waals surface area contributed by atoms with E-state index in [-0.39, 0.29) is 6.10 Å². The molecule has 1 aromatic rings. The second kappa shape index (κ2) is 6.41. The number of aliphatic carboxylic acids is 1. The number of benzene rings is 1. The van der Waals surface area contributed by atoms with E-state index in [0.29, 0.717) is 24.3 Å². The Kier molecular flexibility index (Phi) is 4.52. The first kappa shape index (κ1) is 15.5. The van der Waals surface area contributed by atoms with Crippen LogP contribution in [0, 0.1) is 0 Å². The maximum atomic E-state index is 12.0. The van der Waals surface area contributed by atoms with Crippen LogP contribution in [0.3, 0.4) is 0 Å². The van der Waals surface area contributed by atoms with Crippen LogP contribution in [0.1, 0.15) is 37.7 Å². The normalized spacial score (nSPS) is 21.0. The molecule has 1 saturated carbocycles. The minimum atomic E-state index is -0.767. The molecule has 0 spiro atoms. The number of ether oxygens (including phenoxy) is 2. The number of carboxylic acid groups (broad SMARTS) is 1. The molecule has 2 fully saturated rings. The van der Waals surface area contributed by atoms with Gasteiger partial charge in [-0.3, -0.25) is 4.79 Å². The van der Waals surface area contributed by atoms with Crippen molar-refractivity contribution in [2.24, 2.45) is 0 Å². The molecule has 0 radical (unpaired) electrons. The van der Waals surface area contributed by atoms with Crippen molar-refractivity contribution in [1.29, 1.82) is 0 Å². The van der Waals surface area contributed by atoms with Gasteiger partial charge in [-0.15, -0.1) is 0 Å². The van der Waals surface area contributed by atoms with Crippen molar-refractivity contribution in [2.45, 2.75) is 43.6 Å². The summed E-state index contributed by atoms with van der Waals surface area (Å²) in [6.07, 6.45) is 4.66. The third-order valence-electron chi connectivity index (χ3n) is 4.73. The quantitative estimate of drug-likeness (QED) is 0.899. The van der Waals surface area contributed by atoms with Gasteiger partial charge in [-0.2, -0.15) is 11.8 Å². The van der Waals surface area contributed by atoms with Crippen LogP contribution in [0.15, 0.2) is 18.2 Å². The summed E-state index contributed by atoms with van der Waals surface area (Å²) in [5, 5.41) is 9.82. The van der Waals surface area contributed by atoms with Crippen LogP contribution >= 0.6 is 11.8 Å². The highest BCUT2D eigenvalue weighted by Crippen LogP contribution is 2.43. The third-order valence-corrected chi connectivity index (χ3v) is 5.95. The Hall–Kier alpha value is -1.36. The number of hydrogen-bond acceptors (Lipinski definition) is 4. The summed E-state index contributed by atoms with van der Waals surface area (Å²) < 4.78 is 11.4. The first-order valence-electron chi connectivity index (χ1n) is 7.82. The molecule has 1 aromatic carbocycles. The fourth-order valence-corrected chi connectivity index (χ4v) is 3.87. The molecule has 1 heterocycles. The fraction of sp³-hybridized carbons (Fsp3) is 0.588. The van der Waals surface area contributed by atoms with E-state index in [1.54, 1.807) is 7.11 Å². The number of carbonyl (C=O) groups is 1. The number of thioether (sulfide) groups is 1. The van der Waals surface area contributed by atoms with Crippen LogP contribution in [-0.4, -0.2) is 35.8 Å². The zero-order valence-corrected chi connectivity index (χ0v) is 13.7. The van der Waals surface area contributed by atoms with E-state index < -0.39 is 11.4 Å². The molecule has 1 aliphatic carbocycles. The average molecular weight is 322 g/mol. The van der Waals surface area contributed by atoms with Crippen LogP contribution in [0.2, 0.25) is 0 Å². The van der Waals surface area contributed by atoms with Gasteiger partial charge >= 0.3 is 5.97 Å². The van der Waals surface area contributed by atoms with Crippen molar-refractivity contribution in [3.8, 4) is 11.5 Å².